The van der Waals surface area contributed by atoms with Gasteiger partial charge >= 0.3 is 0 Å². The first-order chi connectivity index (χ1) is 6.75. The molecular weight excluding hydrogens is 185 g/mol. The molecule has 2 aliphatic rings. The summed E-state index contributed by atoms with van der Waals surface area (Å²) in [5.74, 6) is 0.472. The molecule has 1 aliphatic heterocycles. The molecule has 3 nitrogen and oxygen atoms in total. The summed E-state index contributed by atoms with van der Waals surface area (Å²) in [4.78, 5) is 0. The van der Waals surface area contributed by atoms with Crippen LogP contribution in [0.4, 0.5) is 4.39 Å². The highest BCUT2D eigenvalue weighted by Crippen LogP contribution is 2.22. The standard InChI is InChI=1S/C10H14FNO2/c11-7-1-2-9(12)10(5-7)14-8-3-4-13-6-8/h2,5,7-8H,1,3-4,6,12H2/t7?,8-/m1/s1. The van der Waals surface area contributed by atoms with E-state index in [1.165, 1.54) is 6.08 Å². The van der Waals surface area contributed by atoms with Gasteiger partial charge < -0.3 is 15.2 Å². The van der Waals surface area contributed by atoms with Crippen molar-refractivity contribution in [1.82, 2.24) is 0 Å². The zero-order chi connectivity index (χ0) is 9.97. The molecule has 1 fully saturated rings. The molecule has 0 radical (unpaired) electrons. The molecular formula is C10H14FNO2. The number of nitrogens with two attached hydrogens (primary N) is 1. The third kappa shape index (κ3) is 2.07. The second kappa shape index (κ2) is 4.00. The molecule has 1 heterocycles. The number of ether oxygens (including phenoxy) is 2. The number of allylic oxidation sites excluding steroid dienone is 2. The highest BCUT2D eigenvalue weighted by atomic mass is 19.1. The third-order valence-electron chi connectivity index (χ3n) is 2.36. The van der Waals surface area contributed by atoms with Gasteiger partial charge in [0.15, 0.2) is 0 Å². The summed E-state index contributed by atoms with van der Waals surface area (Å²) in [6, 6.07) is 0. The predicted molar refractivity (Wildman–Crippen MR) is 50.2 cm³/mol. The molecule has 0 bridgehead atoms. The number of hydrogen-bond acceptors (Lipinski definition) is 3. The van der Waals surface area contributed by atoms with Crippen LogP contribution in [0.2, 0.25) is 0 Å². The normalized spacial score (nSPS) is 32.4. The van der Waals surface area contributed by atoms with Crippen molar-refractivity contribution in [2.45, 2.75) is 25.1 Å². The van der Waals surface area contributed by atoms with Gasteiger partial charge in [-0.05, 0) is 6.08 Å². The van der Waals surface area contributed by atoms with Crippen molar-refractivity contribution < 1.29 is 13.9 Å². The lowest BCUT2D eigenvalue weighted by Crippen LogP contribution is -2.19. The van der Waals surface area contributed by atoms with E-state index in [0.29, 0.717) is 31.1 Å². The van der Waals surface area contributed by atoms with Crippen LogP contribution < -0.4 is 5.73 Å². The Kier molecular flexibility index (Phi) is 2.72. The molecule has 0 spiro atoms. The molecule has 2 rings (SSSR count). The quantitative estimate of drug-likeness (QED) is 0.728. The molecule has 1 saturated heterocycles. The van der Waals surface area contributed by atoms with Crippen molar-refractivity contribution in [3.63, 3.8) is 0 Å². The molecule has 0 saturated carbocycles. The Labute approximate surface area is 82.4 Å². The fourth-order valence-electron chi connectivity index (χ4n) is 1.56. The third-order valence-corrected chi connectivity index (χ3v) is 2.36. The van der Waals surface area contributed by atoms with Crippen molar-refractivity contribution in [1.29, 1.82) is 0 Å². The van der Waals surface area contributed by atoms with Crippen LogP contribution in [0.5, 0.6) is 0 Å². The molecule has 0 aromatic rings. The fraction of sp³-hybridized carbons (Fsp3) is 0.600. The minimum atomic E-state index is -0.973. The van der Waals surface area contributed by atoms with Crippen LogP contribution in [0.3, 0.4) is 0 Å². The average molecular weight is 199 g/mol. The van der Waals surface area contributed by atoms with Crippen LogP contribution >= 0.6 is 0 Å². The lowest BCUT2D eigenvalue weighted by molar-refractivity contribution is 0.0931. The first kappa shape index (κ1) is 9.52. The van der Waals surface area contributed by atoms with Crippen LogP contribution in [0, 0.1) is 0 Å². The maximum atomic E-state index is 13.0. The Balaban J connectivity index is 1.98. The van der Waals surface area contributed by atoms with Gasteiger partial charge in [0.2, 0.25) is 0 Å². The lowest BCUT2D eigenvalue weighted by Gasteiger charge is -2.19. The summed E-state index contributed by atoms with van der Waals surface area (Å²) in [6.07, 6.45) is 3.35. The van der Waals surface area contributed by atoms with Crippen molar-refractivity contribution in [2.75, 3.05) is 13.2 Å². The van der Waals surface area contributed by atoms with Crippen molar-refractivity contribution >= 4 is 0 Å². The summed E-state index contributed by atoms with van der Waals surface area (Å²) < 4.78 is 23.7. The van der Waals surface area contributed by atoms with Gasteiger partial charge in [0.1, 0.15) is 18.0 Å². The van der Waals surface area contributed by atoms with Crippen molar-refractivity contribution in [3.8, 4) is 0 Å². The largest absolute Gasteiger partial charge is 0.486 e. The number of halogens is 1. The zero-order valence-corrected chi connectivity index (χ0v) is 7.91. The van der Waals surface area contributed by atoms with Crippen molar-refractivity contribution in [2.24, 2.45) is 5.73 Å². The van der Waals surface area contributed by atoms with E-state index >= 15 is 0 Å². The van der Waals surface area contributed by atoms with Gasteiger partial charge in [-0.1, -0.05) is 6.08 Å². The monoisotopic (exact) mass is 199 g/mol. The summed E-state index contributed by atoms with van der Waals surface area (Å²) in [7, 11) is 0. The Morgan fingerprint density at radius 1 is 1.57 bits per heavy atom. The highest BCUT2D eigenvalue weighted by molar-refractivity contribution is 5.28. The van der Waals surface area contributed by atoms with Crippen LogP contribution in [0.1, 0.15) is 12.8 Å². The first-order valence-electron chi connectivity index (χ1n) is 4.82. The molecule has 4 heteroatoms. The molecule has 0 aromatic heterocycles. The van der Waals surface area contributed by atoms with Crippen LogP contribution in [-0.2, 0) is 9.47 Å². The maximum absolute atomic E-state index is 13.0. The smallest absolute Gasteiger partial charge is 0.141 e. The van der Waals surface area contributed by atoms with Gasteiger partial charge in [0.05, 0.1) is 18.9 Å². The SMILES string of the molecule is NC1=CCC(F)C=C1O[C@@H]1CCOC1. The van der Waals surface area contributed by atoms with E-state index in [1.807, 2.05) is 0 Å². The Bertz CT molecular complexity index is 269. The van der Waals surface area contributed by atoms with Gasteiger partial charge in [0.25, 0.3) is 0 Å². The van der Waals surface area contributed by atoms with Crippen LogP contribution in [0.15, 0.2) is 23.6 Å². The van der Waals surface area contributed by atoms with Gasteiger partial charge in [-0.25, -0.2) is 4.39 Å². The summed E-state index contributed by atoms with van der Waals surface area (Å²) in [5.41, 5.74) is 6.21. The first-order valence-corrected chi connectivity index (χ1v) is 4.82. The van der Waals surface area contributed by atoms with E-state index < -0.39 is 6.17 Å². The Hall–Kier alpha value is -1.03. The predicted octanol–water partition coefficient (Wildman–Crippen LogP) is 1.26. The second-order valence-electron chi connectivity index (χ2n) is 3.55. The topological polar surface area (TPSA) is 44.5 Å². The van der Waals surface area contributed by atoms with Gasteiger partial charge in [0, 0.05) is 12.8 Å². The van der Waals surface area contributed by atoms with E-state index in [-0.39, 0.29) is 6.10 Å². The summed E-state index contributed by atoms with van der Waals surface area (Å²) >= 11 is 0. The molecule has 78 valence electrons. The number of rotatable bonds is 2. The molecule has 2 N–H and O–H groups in total. The van der Waals surface area contributed by atoms with E-state index in [9.17, 15) is 4.39 Å². The average Bonchev–Trinajstić information content (AvgIpc) is 2.64. The van der Waals surface area contributed by atoms with E-state index in [1.54, 1.807) is 6.08 Å². The van der Waals surface area contributed by atoms with Gasteiger partial charge in [-0.3, -0.25) is 0 Å². The zero-order valence-electron chi connectivity index (χ0n) is 7.91. The fourth-order valence-corrected chi connectivity index (χ4v) is 1.56. The van der Waals surface area contributed by atoms with E-state index in [0.717, 1.165) is 6.42 Å². The number of alkyl halides is 1. The van der Waals surface area contributed by atoms with Gasteiger partial charge in [-0.2, -0.15) is 0 Å². The molecule has 0 aromatic carbocycles. The molecule has 2 atom stereocenters. The minimum absolute atomic E-state index is 0.0264. The molecule has 1 aliphatic carbocycles. The van der Waals surface area contributed by atoms with E-state index in [2.05, 4.69) is 0 Å². The Morgan fingerprint density at radius 2 is 2.43 bits per heavy atom. The summed E-state index contributed by atoms with van der Waals surface area (Å²) in [5, 5.41) is 0. The van der Waals surface area contributed by atoms with E-state index in [4.69, 9.17) is 15.2 Å². The second-order valence-corrected chi connectivity index (χ2v) is 3.55. The molecule has 14 heavy (non-hydrogen) atoms. The molecule has 1 unspecified atom stereocenters. The van der Waals surface area contributed by atoms with Crippen molar-refractivity contribution in [3.05, 3.63) is 23.6 Å². The molecule has 0 amide bonds. The summed E-state index contributed by atoms with van der Waals surface area (Å²) in [6.45, 7) is 1.28. The minimum Gasteiger partial charge on any atom is -0.486 e. The van der Waals surface area contributed by atoms with Crippen LogP contribution in [0.25, 0.3) is 0 Å². The van der Waals surface area contributed by atoms with Crippen LogP contribution in [-0.4, -0.2) is 25.5 Å². The lowest BCUT2D eigenvalue weighted by atomic mass is 10.1. The Morgan fingerprint density at radius 3 is 3.14 bits per heavy atom. The number of hydrogen-bond donors (Lipinski definition) is 1. The maximum Gasteiger partial charge on any atom is 0.141 e. The highest BCUT2D eigenvalue weighted by Gasteiger charge is 2.21. The van der Waals surface area contributed by atoms with Gasteiger partial charge in [-0.15, -0.1) is 0 Å².